The van der Waals surface area contributed by atoms with Crippen LogP contribution in [0.4, 0.5) is 4.79 Å². The van der Waals surface area contributed by atoms with Gasteiger partial charge in [-0.3, -0.25) is 10.1 Å². The number of aromatic hydroxyl groups is 1. The zero-order valence-electron chi connectivity index (χ0n) is 21.5. The Bertz CT molecular complexity index is 1190. The van der Waals surface area contributed by atoms with Gasteiger partial charge in [0.25, 0.3) is 0 Å². The van der Waals surface area contributed by atoms with Crippen LogP contribution < -0.4 is 15.7 Å². The Morgan fingerprint density at radius 3 is 2.58 bits per heavy atom. The van der Waals surface area contributed by atoms with Crippen LogP contribution >= 0.6 is 0 Å². The number of carbonyl (C=O) groups excluding carboxylic acids is 1. The Morgan fingerprint density at radius 2 is 1.94 bits per heavy atom. The summed E-state index contributed by atoms with van der Waals surface area (Å²) < 4.78 is 11.2. The number of carbonyl (C=O) groups is 2. The van der Waals surface area contributed by atoms with Crippen molar-refractivity contribution in [2.45, 2.75) is 59.8 Å². The standard InChI is InChI=1S/C28H35NO7/c1-18(9-6-7-13-29-27(33)34)23-17-22(30)24(26(32)36-23)25(31)19(2)15-20-10-8-11-21(16-20)35-14-12-28(3,4)5/h7-8,10-11,13,15-18,29-30H,6,9,12,14H2,1-5H3,(H,33,34)/b13-7+,19-15+. The van der Waals surface area contributed by atoms with Gasteiger partial charge in [0.05, 0.1) is 6.61 Å². The third-order valence-electron chi connectivity index (χ3n) is 5.47. The van der Waals surface area contributed by atoms with Crippen LogP contribution in [0.5, 0.6) is 11.5 Å². The lowest BCUT2D eigenvalue weighted by molar-refractivity contribution is 0.102. The van der Waals surface area contributed by atoms with Gasteiger partial charge in [0.2, 0.25) is 0 Å². The molecule has 1 aromatic carbocycles. The lowest BCUT2D eigenvalue weighted by atomic mass is 9.93. The molecule has 0 aliphatic carbocycles. The molecule has 0 aliphatic heterocycles. The first-order valence-corrected chi connectivity index (χ1v) is 11.8. The van der Waals surface area contributed by atoms with Gasteiger partial charge in [-0.2, -0.15) is 0 Å². The van der Waals surface area contributed by atoms with E-state index >= 15 is 0 Å². The number of amides is 1. The van der Waals surface area contributed by atoms with Gasteiger partial charge in [-0.05, 0) is 60.9 Å². The van der Waals surface area contributed by atoms with Gasteiger partial charge < -0.3 is 19.4 Å². The Kier molecular flexibility index (Phi) is 10.1. The molecule has 1 heterocycles. The fourth-order valence-electron chi connectivity index (χ4n) is 3.33. The monoisotopic (exact) mass is 497 g/mol. The summed E-state index contributed by atoms with van der Waals surface area (Å²) in [4.78, 5) is 36.0. The van der Waals surface area contributed by atoms with Crippen LogP contribution in [0.2, 0.25) is 0 Å². The predicted molar refractivity (Wildman–Crippen MR) is 139 cm³/mol. The van der Waals surface area contributed by atoms with E-state index in [9.17, 15) is 19.5 Å². The molecule has 0 saturated heterocycles. The molecule has 0 bridgehead atoms. The van der Waals surface area contributed by atoms with Crippen molar-refractivity contribution in [1.29, 1.82) is 0 Å². The molecule has 1 aromatic heterocycles. The second-order valence-corrected chi connectivity index (χ2v) is 9.91. The summed E-state index contributed by atoms with van der Waals surface area (Å²) in [6.07, 6.45) is 5.39. The molecule has 8 heteroatoms. The lowest BCUT2D eigenvalue weighted by Gasteiger charge is -2.18. The van der Waals surface area contributed by atoms with Gasteiger partial charge in [-0.15, -0.1) is 0 Å². The number of nitrogens with one attached hydrogen (secondary N) is 1. The Labute approximate surface area is 211 Å². The molecule has 3 N–H and O–H groups in total. The highest BCUT2D eigenvalue weighted by atomic mass is 16.5. The molecule has 0 aliphatic rings. The normalized spacial score (nSPS) is 13.0. The smallest absolute Gasteiger partial charge is 0.408 e. The molecular formula is C28H35NO7. The first-order valence-electron chi connectivity index (χ1n) is 11.8. The minimum Gasteiger partial charge on any atom is -0.507 e. The van der Waals surface area contributed by atoms with E-state index < -0.39 is 28.8 Å². The fraction of sp³-hybridized carbons (Fsp3) is 0.393. The van der Waals surface area contributed by atoms with E-state index in [-0.39, 0.29) is 22.7 Å². The van der Waals surface area contributed by atoms with Crippen molar-refractivity contribution in [1.82, 2.24) is 5.32 Å². The number of allylic oxidation sites excluding steroid dienone is 2. The SMILES string of the molecule is C/C(=C\c1cccc(OCCC(C)(C)C)c1)C(=O)c1c(O)cc(C(C)CC/C=C/NC(=O)O)oc1=O. The molecule has 1 amide bonds. The molecule has 0 fully saturated rings. The number of rotatable bonds is 11. The van der Waals surface area contributed by atoms with Crippen LogP contribution in [0.1, 0.15) is 81.5 Å². The molecule has 1 unspecified atom stereocenters. The Balaban J connectivity index is 2.12. The topological polar surface area (TPSA) is 126 Å². The van der Waals surface area contributed by atoms with Crippen LogP contribution in [-0.2, 0) is 0 Å². The molecule has 1 atom stereocenters. The highest BCUT2D eigenvalue weighted by molar-refractivity contribution is 6.12. The number of benzene rings is 1. The maximum absolute atomic E-state index is 13.0. The van der Waals surface area contributed by atoms with Crippen molar-refractivity contribution >= 4 is 18.0 Å². The van der Waals surface area contributed by atoms with E-state index in [1.54, 1.807) is 26.0 Å². The van der Waals surface area contributed by atoms with Crippen molar-refractivity contribution in [3.05, 3.63) is 75.5 Å². The van der Waals surface area contributed by atoms with Crippen LogP contribution in [0.3, 0.4) is 0 Å². The number of ether oxygens (including phenoxy) is 1. The molecule has 0 spiro atoms. The summed E-state index contributed by atoms with van der Waals surface area (Å²) in [7, 11) is 0. The largest absolute Gasteiger partial charge is 0.507 e. The summed E-state index contributed by atoms with van der Waals surface area (Å²) >= 11 is 0. The van der Waals surface area contributed by atoms with Crippen molar-refractivity contribution in [3.8, 4) is 11.5 Å². The third-order valence-corrected chi connectivity index (χ3v) is 5.47. The molecule has 2 rings (SSSR count). The molecule has 2 aromatic rings. The number of carboxylic acid groups (broad SMARTS) is 1. The second-order valence-electron chi connectivity index (χ2n) is 9.91. The van der Waals surface area contributed by atoms with Gasteiger partial charge in [0.1, 0.15) is 22.8 Å². The van der Waals surface area contributed by atoms with Crippen molar-refractivity contribution < 1.29 is 29.0 Å². The Hall–Kier alpha value is -3.81. The van der Waals surface area contributed by atoms with Gasteiger partial charge in [-0.1, -0.05) is 45.9 Å². The van der Waals surface area contributed by atoms with Gasteiger partial charge in [0.15, 0.2) is 5.78 Å². The van der Waals surface area contributed by atoms with Crippen LogP contribution in [0.15, 0.2) is 57.4 Å². The average Bonchev–Trinajstić information content (AvgIpc) is 2.77. The van der Waals surface area contributed by atoms with Crippen LogP contribution in [-0.4, -0.2) is 28.7 Å². The van der Waals surface area contributed by atoms with Crippen molar-refractivity contribution in [2.24, 2.45) is 5.41 Å². The summed E-state index contributed by atoms with van der Waals surface area (Å²) in [5, 5.41) is 21.1. The number of hydrogen-bond acceptors (Lipinski definition) is 6. The summed E-state index contributed by atoms with van der Waals surface area (Å²) in [5.74, 6) is -0.367. The second kappa shape index (κ2) is 12.8. The zero-order valence-corrected chi connectivity index (χ0v) is 21.5. The minimum absolute atomic E-state index is 0.160. The lowest BCUT2D eigenvalue weighted by Crippen LogP contribution is -2.16. The van der Waals surface area contributed by atoms with Crippen molar-refractivity contribution in [3.63, 3.8) is 0 Å². The maximum atomic E-state index is 13.0. The molecule has 8 nitrogen and oxygen atoms in total. The number of hydrogen-bond donors (Lipinski definition) is 3. The van der Waals surface area contributed by atoms with E-state index in [1.165, 1.54) is 12.3 Å². The van der Waals surface area contributed by atoms with E-state index in [4.69, 9.17) is 14.3 Å². The molecule has 0 saturated carbocycles. The maximum Gasteiger partial charge on any atom is 0.408 e. The van der Waals surface area contributed by atoms with Gasteiger partial charge >= 0.3 is 11.7 Å². The highest BCUT2D eigenvalue weighted by Crippen LogP contribution is 2.27. The van der Waals surface area contributed by atoms with E-state index in [0.29, 0.717) is 25.2 Å². The van der Waals surface area contributed by atoms with Crippen LogP contribution in [0, 0.1) is 5.41 Å². The molecule has 36 heavy (non-hydrogen) atoms. The average molecular weight is 498 g/mol. The summed E-state index contributed by atoms with van der Waals surface area (Å²) in [6, 6.07) is 8.59. The molecular weight excluding hydrogens is 462 g/mol. The van der Waals surface area contributed by atoms with E-state index in [0.717, 1.165) is 12.0 Å². The fourth-order valence-corrected chi connectivity index (χ4v) is 3.33. The van der Waals surface area contributed by atoms with Gasteiger partial charge in [-0.25, -0.2) is 9.59 Å². The molecule has 0 radical (unpaired) electrons. The Morgan fingerprint density at radius 1 is 1.22 bits per heavy atom. The van der Waals surface area contributed by atoms with Crippen LogP contribution in [0.25, 0.3) is 6.08 Å². The zero-order chi connectivity index (χ0) is 26.9. The summed E-state index contributed by atoms with van der Waals surface area (Å²) in [6.45, 7) is 10.4. The first-order chi connectivity index (χ1) is 16.9. The van der Waals surface area contributed by atoms with Crippen molar-refractivity contribution in [2.75, 3.05) is 6.61 Å². The van der Waals surface area contributed by atoms with E-state index in [1.807, 2.05) is 24.3 Å². The molecule has 194 valence electrons. The van der Waals surface area contributed by atoms with E-state index in [2.05, 4.69) is 26.1 Å². The quantitative estimate of drug-likeness (QED) is 0.252. The highest BCUT2D eigenvalue weighted by Gasteiger charge is 2.22. The minimum atomic E-state index is -1.16. The predicted octanol–water partition coefficient (Wildman–Crippen LogP) is 6.11. The third kappa shape index (κ3) is 9.09. The number of Topliss-reactive ketones (excluding diaryl/α,β-unsaturated/α-hetero) is 1. The van der Waals surface area contributed by atoms with Gasteiger partial charge in [0, 0.05) is 18.2 Å². The first kappa shape index (κ1) is 28.4. The summed E-state index contributed by atoms with van der Waals surface area (Å²) in [5.41, 5.74) is -0.164. The number of ketones is 1.